The van der Waals surface area contributed by atoms with Gasteiger partial charge < -0.3 is 0 Å². The summed E-state index contributed by atoms with van der Waals surface area (Å²) < 4.78 is 27.5. The maximum Gasteiger partial charge on any atom is 0.240 e. The fourth-order valence-electron chi connectivity index (χ4n) is 2.60. The summed E-state index contributed by atoms with van der Waals surface area (Å²) in [6, 6.07) is 8.63. The van der Waals surface area contributed by atoms with Crippen molar-refractivity contribution in [3.8, 4) is 6.07 Å². The number of rotatable bonds is 6. The lowest BCUT2D eigenvalue weighted by Crippen LogP contribution is -2.33. The minimum Gasteiger partial charge on any atom is -0.208 e. The first-order valence-electron chi connectivity index (χ1n) is 7.15. The van der Waals surface area contributed by atoms with Gasteiger partial charge >= 0.3 is 0 Å². The zero-order chi connectivity index (χ0) is 15.3. The second-order valence-corrected chi connectivity index (χ2v) is 8.48. The van der Waals surface area contributed by atoms with E-state index < -0.39 is 10.0 Å². The summed E-state index contributed by atoms with van der Waals surface area (Å²) in [7, 11) is -3.46. The van der Waals surface area contributed by atoms with E-state index in [0.717, 1.165) is 30.6 Å². The molecular weight excluding hydrogens is 304 g/mol. The van der Waals surface area contributed by atoms with Crippen LogP contribution in [-0.4, -0.2) is 25.5 Å². The average Bonchev–Trinajstić information content (AvgIpc) is 2.87. The Morgan fingerprint density at radius 2 is 2.05 bits per heavy atom. The molecule has 21 heavy (non-hydrogen) atoms. The van der Waals surface area contributed by atoms with Crippen molar-refractivity contribution >= 4 is 21.8 Å². The maximum atomic E-state index is 12.3. The van der Waals surface area contributed by atoms with Gasteiger partial charge in [-0.2, -0.15) is 17.0 Å². The third-order valence-electron chi connectivity index (χ3n) is 3.63. The van der Waals surface area contributed by atoms with Crippen LogP contribution < -0.4 is 4.72 Å². The summed E-state index contributed by atoms with van der Waals surface area (Å²) in [5.74, 6) is 1.07. The summed E-state index contributed by atoms with van der Waals surface area (Å²) in [5.41, 5.74) is 0.830. The first-order valence-corrected chi connectivity index (χ1v) is 9.68. The van der Waals surface area contributed by atoms with Crippen molar-refractivity contribution in [3.63, 3.8) is 0 Å². The second kappa shape index (κ2) is 7.30. The van der Waals surface area contributed by atoms with Crippen molar-refractivity contribution in [2.45, 2.75) is 48.8 Å². The molecule has 0 aromatic heterocycles. The Morgan fingerprint density at radius 1 is 1.33 bits per heavy atom. The van der Waals surface area contributed by atoms with Crippen molar-refractivity contribution in [1.82, 2.24) is 4.72 Å². The van der Waals surface area contributed by atoms with Crippen molar-refractivity contribution in [3.05, 3.63) is 29.8 Å². The highest BCUT2D eigenvalue weighted by Crippen LogP contribution is 2.30. The van der Waals surface area contributed by atoms with Gasteiger partial charge in [0.2, 0.25) is 10.0 Å². The SMILES string of the molecule is CCSC1CCC(NS(=O)(=O)c2ccc(CC#N)cc2)C1. The summed E-state index contributed by atoms with van der Waals surface area (Å²) in [4.78, 5) is 0.274. The van der Waals surface area contributed by atoms with Gasteiger partial charge in [0.25, 0.3) is 0 Å². The van der Waals surface area contributed by atoms with Gasteiger partial charge in [0.05, 0.1) is 17.4 Å². The maximum absolute atomic E-state index is 12.3. The molecule has 1 saturated carbocycles. The van der Waals surface area contributed by atoms with Crippen LogP contribution in [0.5, 0.6) is 0 Å². The molecule has 4 nitrogen and oxygen atoms in total. The molecule has 2 rings (SSSR count). The molecule has 2 unspecified atom stereocenters. The van der Waals surface area contributed by atoms with E-state index in [4.69, 9.17) is 5.26 Å². The fraction of sp³-hybridized carbons (Fsp3) is 0.533. The summed E-state index contributed by atoms with van der Waals surface area (Å²) >= 11 is 1.91. The van der Waals surface area contributed by atoms with Gasteiger partial charge in [0.15, 0.2) is 0 Å². The molecule has 0 bridgehead atoms. The van der Waals surface area contributed by atoms with Gasteiger partial charge in [0.1, 0.15) is 0 Å². The molecule has 1 aromatic rings. The molecule has 0 heterocycles. The van der Waals surface area contributed by atoms with Gasteiger partial charge in [-0.05, 0) is 42.7 Å². The van der Waals surface area contributed by atoms with E-state index in [-0.39, 0.29) is 10.9 Å². The third kappa shape index (κ3) is 4.47. The van der Waals surface area contributed by atoms with Gasteiger partial charge in [-0.15, -0.1) is 0 Å². The highest BCUT2D eigenvalue weighted by molar-refractivity contribution is 7.99. The number of nitrogens with one attached hydrogen (secondary N) is 1. The van der Waals surface area contributed by atoms with Crippen LogP contribution in [0.2, 0.25) is 0 Å². The fourth-order valence-corrected chi connectivity index (χ4v) is 5.03. The van der Waals surface area contributed by atoms with E-state index in [1.165, 1.54) is 0 Å². The van der Waals surface area contributed by atoms with Crippen molar-refractivity contribution in [2.24, 2.45) is 0 Å². The van der Waals surface area contributed by atoms with Gasteiger partial charge in [-0.1, -0.05) is 19.1 Å². The molecule has 0 spiro atoms. The van der Waals surface area contributed by atoms with Gasteiger partial charge in [-0.3, -0.25) is 0 Å². The molecule has 0 radical (unpaired) electrons. The van der Waals surface area contributed by atoms with Crippen LogP contribution in [0.3, 0.4) is 0 Å². The number of benzene rings is 1. The first-order chi connectivity index (χ1) is 10.0. The highest BCUT2D eigenvalue weighted by Gasteiger charge is 2.28. The Balaban J connectivity index is 2.00. The number of nitrogens with zero attached hydrogens (tertiary/aromatic N) is 1. The summed E-state index contributed by atoms with van der Waals surface area (Å²) in [5, 5.41) is 9.19. The number of hydrogen-bond donors (Lipinski definition) is 1. The molecule has 2 atom stereocenters. The van der Waals surface area contributed by atoms with Crippen LogP contribution in [0.4, 0.5) is 0 Å². The van der Waals surface area contributed by atoms with E-state index in [1.54, 1.807) is 24.3 Å². The van der Waals surface area contributed by atoms with Crippen molar-refractivity contribution < 1.29 is 8.42 Å². The molecule has 1 N–H and O–H groups in total. The average molecular weight is 324 g/mol. The third-order valence-corrected chi connectivity index (χ3v) is 6.39. The molecule has 1 aliphatic rings. The lowest BCUT2D eigenvalue weighted by Gasteiger charge is -2.13. The van der Waals surface area contributed by atoms with Crippen LogP contribution in [0.1, 0.15) is 31.7 Å². The van der Waals surface area contributed by atoms with Crippen LogP contribution in [0.25, 0.3) is 0 Å². The van der Waals surface area contributed by atoms with Crippen molar-refractivity contribution in [2.75, 3.05) is 5.75 Å². The zero-order valence-electron chi connectivity index (χ0n) is 12.1. The largest absolute Gasteiger partial charge is 0.240 e. The molecule has 6 heteroatoms. The Labute approximate surface area is 131 Å². The smallest absolute Gasteiger partial charge is 0.208 e. The van der Waals surface area contributed by atoms with E-state index in [0.29, 0.717) is 11.7 Å². The minimum atomic E-state index is -3.46. The monoisotopic (exact) mass is 324 g/mol. The van der Waals surface area contributed by atoms with E-state index >= 15 is 0 Å². The minimum absolute atomic E-state index is 0.0397. The van der Waals surface area contributed by atoms with Crippen LogP contribution in [0.15, 0.2) is 29.2 Å². The summed E-state index contributed by atoms with van der Waals surface area (Å²) in [6.07, 6.45) is 3.19. The van der Waals surface area contributed by atoms with Crippen LogP contribution in [-0.2, 0) is 16.4 Å². The Bertz CT molecular complexity index is 606. The number of thioether (sulfide) groups is 1. The number of sulfonamides is 1. The quantitative estimate of drug-likeness (QED) is 0.873. The Morgan fingerprint density at radius 3 is 2.67 bits per heavy atom. The molecule has 1 fully saturated rings. The Hall–Kier alpha value is -1.03. The Kier molecular flexibility index (Phi) is 5.68. The molecule has 1 aliphatic carbocycles. The van der Waals surface area contributed by atoms with Crippen LogP contribution >= 0.6 is 11.8 Å². The molecule has 0 aliphatic heterocycles. The first kappa shape index (κ1) is 16.3. The van der Waals surface area contributed by atoms with E-state index in [9.17, 15) is 8.42 Å². The zero-order valence-corrected chi connectivity index (χ0v) is 13.7. The topological polar surface area (TPSA) is 70.0 Å². The normalized spacial score (nSPS) is 22.1. The number of nitriles is 1. The predicted molar refractivity (Wildman–Crippen MR) is 85.6 cm³/mol. The lowest BCUT2D eigenvalue weighted by atomic mass is 10.2. The van der Waals surface area contributed by atoms with E-state index in [1.807, 2.05) is 11.8 Å². The van der Waals surface area contributed by atoms with Gasteiger partial charge in [-0.25, -0.2) is 13.1 Å². The van der Waals surface area contributed by atoms with Crippen molar-refractivity contribution in [1.29, 1.82) is 5.26 Å². The molecular formula is C15H20N2O2S2. The molecule has 1 aromatic carbocycles. The predicted octanol–water partition coefficient (Wildman–Crippen LogP) is 2.71. The summed E-state index contributed by atoms with van der Waals surface area (Å²) in [6.45, 7) is 2.13. The molecule has 0 amide bonds. The van der Waals surface area contributed by atoms with E-state index in [2.05, 4.69) is 17.7 Å². The lowest BCUT2D eigenvalue weighted by molar-refractivity contribution is 0.552. The molecule has 0 saturated heterocycles. The highest BCUT2D eigenvalue weighted by atomic mass is 32.2. The number of hydrogen-bond acceptors (Lipinski definition) is 4. The second-order valence-electron chi connectivity index (χ2n) is 5.19. The van der Waals surface area contributed by atoms with Crippen LogP contribution in [0, 0.1) is 11.3 Å². The molecule has 114 valence electrons. The van der Waals surface area contributed by atoms with Gasteiger partial charge in [0, 0.05) is 11.3 Å². The standard InChI is InChI=1S/C15H20N2O2S2/c1-2-20-14-6-5-13(11-14)17-21(18,19)15-7-3-12(4-8-15)9-10-16/h3-4,7-8,13-14,17H,2,5-6,9,11H2,1H3.